The summed E-state index contributed by atoms with van der Waals surface area (Å²) in [6.07, 6.45) is 4.73. The quantitative estimate of drug-likeness (QED) is 0.860. The van der Waals surface area contributed by atoms with Crippen molar-refractivity contribution in [1.82, 2.24) is 20.2 Å². The number of tetrazole rings is 1. The van der Waals surface area contributed by atoms with Gasteiger partial charge in [0.05, 0.1) is 6.04 Å². The van der Waals surface area contributed by atoms with Crippen molar-refractivity contribution in [3.8, 4) is 0 Å². The van der Waals surface area contributed by atoms with Crippen molar-refractivity contribution in [3.63, 3.8) is 0 Å². The van der Waals surface area contributed by atoms with Crippen LogP contribution >= 0.6 is 11.8 Å². The van der Waals surface area contributed by atoms with Gasteiger partial charge in [-0.1, -0.05) is 36.7 Å². The molecule has 1 aliphatic carbocycles. The average molecular weight is 307 g/mol. The first kappa shape index (κ1) is 14.5. The Hall–Kier alpha value is -1.47. The first-order chi connectivity index (χ1) is 10.2. The number of thioether (sulfide) groups is 1. The fourth-order valence-corrected chi connectivity index (χ4v) is 3.59. The normalized spacial score (nSPS) is 17.2. The number of rotatable bonds is 5. The SMILES string of the molecule is NC(CSc1nnnn1C1CCCC1)c1cccc(F)c1. The topological polar surface area (TPSA) is 69.6 Å². The van der Waals surface area contributed by atoms with Gasteiger partial charge in [0.2, 0.25) is 5.16 Å². The maximum absolute atomic E-state index is 13.2. The summed E-state index contributed by atoms with van der Waals surface area (Å²) in [5.74, 6) is 0.361. The molecule has 1 saturated carbocycles. The number of halogens is 1. The summed E-state index contributed by atoms with van der Waals surface area (Å²) in [7, 11) is 0. The minimum Gasteiger partial charge on any atom is -0.323 e. The minimum atomic E-state index is -0.260. The largest absolute Gasteiger partial charge is 0.323 e. The van der Waals surface area contributed by atoms with Gasteiger partial charge >= 0.3 is 0 Å². The van der Waals surface area contributed by atoms with Crippen LogP contribution in [0.2, 0.25) is 0 Å². The number of aromatic nitrogens is 4. The second-order valence-corrected chi connectivity index (χ2v) is 6.30. The third-order valence-corrected chi connectivity index (χ3v) is 4.85. The predicted molar refractivity (Wildman–Crippen MR) is 79.4 cm³/mol. The van der Waals surface area contributed by atoms with Gasteiger partial charge in [0.25, 0.3) is 0 Å². The highest BCUT2D eigenvalue weighted by atomic mass is 32.2. The lowest BCUT2D eigenvalue weighted by Gasteiger charge is -2.13. The van der Waals surface area contributed by atoms with Crippen molar-refractivity contribution in [2.45, 2.75) is 42.9 Å². The Morgan fingerprint density at radius 2 is 2.19 bits per heavy atom. The smallest absolute Gasteiger partial charge is 0.209 e. The molecule has 0 aliphatic heterocycles. The van der Waals surface area contributed by atoms with Crippen molar-refractivity contribution < 1.29 is 4.39 Å². The number of benzene rings is 1. The Kier molecular flexibility index (Phi) is 4.50. The van der Waals surface area contributed by atoms with Crippen LogP contribution < -0.4 is 5.73 Å². The summed E-state index contributed by atoms with van der Waals surface area (Å²) in [6.45, 7) is 0. The lowest BCUT2D eigenvalue weighted by atomic mass is 10.1. The van der Waals surface area contributed by atoms with Crippen LogP contribution in [0.3, 0.4) is 0 Å². The van der Waals surface area contributed by atoms with E-state index in [9.17, 15) is 4.39 Å². The molecule has 0 radical (unpaired) electrons. The molecule has 5 nitrogen and oxygen atoms in total. The standard InChI is InChI=1S/C14H18FN5S/c15-11-5-3-4-10(8-11)13(16)9-21-14-17-18-19-20(14)12-6-1-2-7-12/h3-5,8,12-13H,1-2,6-7,9,16H2. The summed E-state index contributed by atoms with van der Waals surface area (Å²) >= 11 is 1.53. The van der Waals surface area contributed by atoms with Gasteiger partial charge in [-0.3, -0.25) is 0 Å². The van der Waals surface area contributed by atoms with Gasteiger partial charge in [0, 0.05) is 11.8 Å². The first-order valence-electron chi connectivity index (χ1n) is 7.16. The van der Waals surface area contributed by atoms with Crippen LogP contribution in [-0.2, 0) is 0 Å². The van der Waals surface area contributed by atoms with E-state index in [0.29, 0.717) is 11.8 Å². The van der Waals surface area contributed by atoms with Crippen LogP contribution in [0, 0.1) is 5.82 Å². The van der Waals surface area contributed by atoms with Crippen molar-refractivity contribution in [3.05, 3.63) is 35.6 Å². The van der Waals surface area contributed by atoms with E-state index >= 15 is 0 Å². The summed E-state index contributed by atoms with van der Waals surface area (Å²) in [5.41, 5.74) is 6.91. The van der Waals surface area contributed by atoms with Crippen molar-refractivity contribution in [2.75, 3.05) is 5.75 Å². The predicted octanol–water partition coefficient (Wildman–Crippen LogP) is 2.72. The van der Waals surface area contributed by atoms with Crippen LogP contribution in [0.25, 0.3) is 0 Å². The van der Waals surface area contributed by atoms with Gasteiger partial charge in [-0.2, -0.15) is 0 Å². The zero-order valence-electron chi connectivity index (χ0n) is 11.7. The Morgan fingerprint density at radius 1 is 1.38 bits per heavy atom. The monoisotopic (exact) mass is 307 g/mol. The van der Waals surface area contributed by atoms with Gasteiger partial charge in [-0.15, -0.1) is 5.10 Å². The Balaban J connectivity index is 1.64. The molecular weight excluding hydrogens is 289 g/mol. The molecule has 7 heteroatoms. The molecule has 0 saturated heterocycles. The van der Waals surface area contributed by atoms with Crippen LogP contribution in [0.1, 0.15) is 43.3 Å². The summed E-state index contributed by atoms with van der Waals surface area (Å²) < 4.78 is 15.1. The molecule has 3 rings (SSSR count). The van der Waals surface area contributed by atoms with Crippen LogP contribution in [0.15, 0.2) is 29.4 Å². The molecule has 1 atom stereocenters. The number of nitrogens with zero attached hydrogens (tertiary/aromatic N) is 4. The van der Waals surface area contributed by atoms with Gasteiger partial charge in [0.15, 0.2) is 0 Å². The molecule has 0 spiro atoms. The zero-order valence-corrected chi connectivity index (χ0v) is 12.5. The molecule has 1 heterocycles. The summed E-state index contributed by atoms with van der Waals surface area (Å²) in [4.78, 5) is 0. The minimum absolute atomic E-state index is 0.237. The highest BCUT2D eigenvalue weighted by molar-refractivity contribution is 7.99. The molecule has 1 aromatic carbocycles. The maximum atomic E-state index is 13.2. The van der Waals surface area contributed by atoms with E-state index in [2.05, 4.69) is 15.5 Å². The van der Waals surface area contributed by atoms with E-state index in [4.69, 9.17) is 5.73 Å². The molecule has 112 valence electrons. The van der Waals surface area contributed by atoms with E-state index in [1.54, 1.807) is 6.07 Å². The molecule has 2 N–H and O–H groups in total. The fourth-order valence-electron chi connectivity index (χ4n) is 2.66. The van der Waals surface area contributed by atoms with Gasteiger partial charge < -0.3 is 5.73 Å². The van der Waals surface area contributed by atoms with E-state index in [-0.39, 0.29) is 11.9 Å². The van der Waals surface area contributed by atoms with Gasteiger partial charge in [-0.25, -0.2) is 9.07 Å². The Labute approximate surface area is 127 Å². The summed E-state index contributed by atoms with van der Waals surface area (Å²) in [6, 6.07) is 6.59. The third kappa shape index (κ3) is 3.41. The lowest BCUT2D eigenvalue weighted by molar-refractivity contribution is 0.423. The number of hydrogen-bond acceptors (Lipinski definition) is 5. The van der Waals surface area contributed by atoms with Crippen molar-refractivity contribution in [2.24, 2.45) is 5.73 Å². The van der Waals surface area contributed by atoms with E-state index < -0.39 is 0 Å². The van der Waals surface area contributed by atoms with Crippen molar-refractivity contribution in [1.29, 1.82) is 0 Å². The number of nitrogens with two attached hydrogens (primary N) is 1. The first-order valence-corrected chi connectivity index (χ1v) is 8.14. The third-order valence-electron chi connectivity index (χ3n) is 3.80. The lowest BCUT2D eigenvalue weighted by Crippen LogP contribution is -2.14. The molecule has 0 bridgehead atoms. The van der Waals surface area contributed by atoms with Crippen molar-refractivity contribution >= 4 is 11.8 Å². The second-order valence-electron chi connectivity index (χ2n) is 5.32. The molecule has 2 aromatic rings. The van der Waals surface area contributed by atoms with Crippen LogP contribution in [0.4, 0.5) is 4.39 Å². The van der Waals surface area contributed by atoms with Crippen LogP contribution in [-0.4, -0.2) is 26.0 Å². The maximum Gasteiger partial charge on any atom is 0.209 e. The molecule has 1 fully saturated rings. The molecule has 1 unspecified atom stereocenters. The average Bonchev–Trinajstić information content (AvgIpc) is 3.15. The van der Waals surface area contributed by atoms with E-state index in [1.807, 2.05) is 10.7 Å². The van der Waals surface area contributed by atoms with E-state index in [0.717, 1.165) is 23.6 Å². The highest BCUT2D eigenvalue weighted by Gasteiger charge is 2.22. The Bertz CT molecular complexity index is 597. The van der Waals surface area contributed by atoms with Crippen LogP contribution in [0.5, 0.6) is 0 Å². The highest BCUT2D eigenvalue weighted by Crippen LogP contribution is 2.32. The number of hydrogen-bond donors (Lipinski definition) is 1. The molecular formula is C14H18FN5S. The molecule has 21 heavy (non-hydrogen) atoms. The molecule has 1 aliphatic rings. The van der Waals surface area contributed by atoms with E-state index in [1.165, 1.54) is 36.7 Å². The Morgan fingerprint density at radius 3 is 2.95 bits per heavy atom. The molecule has 1 aromatic heterocycles. The zero-order chi connectivity index (χ0) is 14.7. The van der Waals surface area contributed by atoms with Gasteiger partial charge in [0.1, 0.15) is 5.82 Å². The summed E-state index contributed by atoms with van der Waals surface area (Å²) in [5, 5.41) is 12.7. The van der Waals surface area contributed by atoms with Gasteiger partial charge in [-0.05, 0) is 41.0 Å². The molecule has 0 amide bonds. The fraction of sp³-hybridized carbons (Fsp3) is 0.500. The second kappa shape index (κ2) is 6.53.